The molecule has 0 amide bonds. The van der Waals surface area contributed by atoms with Gasteiger partial charge in [0.2, 0.25) is 0 Å². The summed E-state index contributed by atoms with van der Waals surface area (Å²) in [5.41, 5.74) is 4.73. The topological polar surface area (TPSA) is 22.0 Å². The lowest BCUT2D eigenvalue weighted by Gasteiger charge is -2.20. The molecule has 1 heterocycles. The molecule has 0 N–H and O–H groups in total. The number of Topliss-reactive ketones (excluding diaryl/α,β-unsaturated/α-hetero) is 1. The van der Waals surface area contributed by atoms with Crippen molar-refractivity contribution in [1.82, 2.24) is 4.57 Å². The highest BCUT2D eigenvalue weighted by molar-refractivity contribution is 5.98. The number of fused-ring (bicyclic) bond motifs is 1. The monoisotopic (exact) mass is 267 g/mol. The third-order valence-corrected chi connectivity index (χ3v) is 4.12. The highest BCUT2D eigenvalue weighted by atomic mass is 16.1. The molecule has 0 aliphatic heterocycles. The minimum Gasteiger partial charge on any atom is -0.320 e. The predicted octanol–water partition coefficient (Wildman–Crippen LogP) is 4.29. The fourth-order valence-corrected chi connectivity index (χ4v) is 2.89. The zero-order valence-electron chi connectivity index (χ0n) is 12.4. The SMILES string of the molecule is CC(C)(C)c1ccc(-n2ccc3c2CCCC3=O)cc1. The van der Waals surface area contributed by atoms with Gasteiger partial charge in [0.15, 0.2) is 5.78 Å². The first-order valence-corrected chi connectivity index (χ1v) is 7.31. The molecule has 0 fully saturated rings. The van der Waals surface area contributed by atoms with E-state index in [0.717, 1.165) is 24.1 Å². The van der Waals surface area contributed by atoms with E-state index in [1.807, 2.05) is 12.3 Å². The number of nitrogens with zero attached hydrogens (tertiary/aromatic N) is 1. The van der Waals surface area contributed by atoms with Gasteiger partial charge in [0.05, 0.1) is 0 Å². The van der Waals surface area contributed by atoms with Crippen molar-refractivity contribution in [2.45, 2.75) is 45.4 Å². The van der Waals surface area contributed by atoms with E-state index in [-0.39, 0.29) is 11.2 Å². The lowest BCUT2D eigenvalue weighted by atomic mass is 9.87. The van der Waals surface area contributed by atoms with Crippen molar-refractivity contribution in [1.29, 1.82) is 0 Å². The zero-order chi connectivity index (χ0) is 14.3. The number of benzene rings is 1. The summed E-state index contributed by atoms with van der Waals surface area (Å²) in [6, 6.07) is 10.6. The molecule has 2 aromatic rings. The minimum absolute atomic E-state index is 0.171. The van der Waals surface area contributed by atoms with E-state index in [9.17, 15) is 4.79 Å². The van der Waals surface area contributed by atoms with E-state index >= 15 is 0 Å². The fourth-order valence-electron chi connectivity index (χ4n) is 2.89. The summed E-state index contributed by atoms with van der Waals surface area (Å²) in [7, 11) is 0. The van der Waals surface area contributed by atoms with Crippen molar-refractivity contribution in [3.05, 3.63) is 53.3 Å². The summed E-state index contributed by atoms with van der Waals surface area (Å²) >= 11 is 0. The fraction of sp³-hybridized carbons (Fsp3) is 0.389. The molecule has 0 unspecified atom stereocenters. The van der Waals surface area contributed by atoms with Crippen LogP contribution < -0.4 is 0 Å². The largest absolute Gasteiger partial charge is 0.320 e. The Labute approximate surface area is 120 Å². The number of hydrogen-bond acceptors (Lipinski definition) is 1. The van der Waals surface area contributed by atoms with Crippen molar-refractivity contribution in [2.75, 3.05) is 0 Å². The number of carbonyl (C=O) groups excluding carboxylic acids is 1. The molecule has 0 spiro atoms. The van der Waals surface area contributed by atoms with Gasteiger partial charge in [-0.1, -0.05) is 32.9 Å². The van der Waals surface area contributed by atoms with Crippen molar-refractivity contribution in [3.8, 4) is 5.69 Å². The molecule has 1 aromatic heterocycles. The van der Waals surface area contributed by atoms with Crippen molar-refractivity contribution >= 4 is 5.78 Å². The summed E-state index contributed by atoms with van der Waals surface area (Å²) in [5, 5.41) is 0. The van der Waals surface area contributed by atoms with Crippen LogP contribution in [0.25, 0.3) is 5.69 Å². The van der Waals surface area contributed by atoms with Crippen LogP contribution in [0.5, 0.6) is 0 Å². The van der Waals surface area contributed by atoms with Gasteiger partial charge in [-0.15, -0.1) is 0 Å². The van der Waals surface area contributed by atoms with Gasteiger partial charge in [0.1, 0.15) is 0 Å². The Morgan fingerprint density at radius 2 is 1.70 bits per heavy atom. The molecule has 0 saturated carbocycles. The smallest absolute Gasteiger partial charge is 0.164 e. The first-order chi connectivity index (χ1) is 9.47. The highest BCUT2D eigenvalue weighted by Crippen LogP contribution is 2.27. The van der Waals surface area contributed by atoms with Crippen LogP contribution in [-0.2, 0) is 11.8 Å². The average molecular weight is 267 g/mol. The molecular weight excluding hydrogens is 246 g/mol. The third kappa shape index (κ3) is 2.20. The predicted molar refractivity (Wildman–Crippen MR) is 81.7 cm³/mol. The van der Waals surface area contributed by atoms with Crippen molar-refractivity contribution in [3.63, 3.8) is 0 Å². The Hall–Kier alpha value is -1.83. The van der Waals surface area contributed by atoms with Crippen LogP contribution in [0, 0.1) is 0 Å². The molecule has 20 heavy (non-hydrogen) atoms. The van der Waals surface area contributed by atoms with E-state index in [2.05, 4.69) is 49.6 Å². The van der Waals surface area contributed by atoms with Crippen LogP contribution >= 0.6 is 0 Å². The normalized spacial score (nSPS) is 15.2. The maximum atomic E-state index is 11.9. The first-order valence-electron chi connectivity index (χ1n) is 7.31. The first kappa shape index (κ1) is 13.2. The molecule has 0 saturated heterocycles. The molecule has 1 aliphatic rings. The van der Waals surface area contributed by atoms with Gasteiger partial charge in [-0.25, -0.2) is 0 Å². The molecule has 2 nitrogen and oxygen atoms in total. The van der Waals surface area contributed by atoms with Gasteiger partial charge in [-0.3, -0.25) is 4.79 Å². The lowest BCUT2D eigenvalue weighted by molar-refractivity contribution is 0.0972. The van der Waals surface area contributed by atoms with Gasteiger partial charge < -0.3 is 4.57 Å². The van der Waals surface area contributed by atoms with Crippen molar-refractivity contribution in [2.24, 2.45) is 0 Å². The second-order valence-corrected chi connectivity index (χ2v) is 6.62. The Morgan fingerprint density at radius 3 is 2.35 bits per heavy atom. The van der Waals surface area contributed by atoms with E-state index in [4.69, 9.17) is 0 Å². The number of carbonyl (C=O) groups is 1. The third-order valence-electron chi connectivity index (χ3n) is 4.12. The van der Waals surface area contributed by atoms with Crippen LogP contribution in [0.15, 0.2) is 36.5 Å². The van der Waals surface area contributed by atoms with Crippen LogP contribution in [0.1, 0.15) is 55.2 Å². The molecule has 1 aromatic carbocycles. The van der Waals surface area contributed by atoms with Crippen LogP contribution in [0.3, 0.4) is 0 Å². The number of aromatic nitrogens is 1. The Balaban J connectivity index is 2.00. The molecule has 2 heteroatoms. The quantitative estimate of drug-likeness (QED) is 0.755. The molecule has 0 bridgehead atoms. The maximum absolute atomic E-state index is 11.9. The van der Waals surface area contributed by atoms with Gasteiger partial charge in [0.25, 0.3) is 0 Å². The van der Waals surface area contributed by atoms with E-state index in [1.165, 1.54) is 11.3 Å². The molecule has 1 aliphatic carbocycles. The van der Waals surface area contributed by atoms with Crippen LogP contribution in [0.4, 0.5) is 0 Å². The number of hydrogen-bond donors (Lipinski definition) is 0. The zero-order valence-corrected chi connectivity index (χ0v) is 12.4. The second-order valence-electron chi connectivity index (χ2n) is 6.62. The van der Waals surface area contributed by atoms with Gasteiger partial charge in [-0.2, -0.15) is 0 Å². The summed E-state index contributed by atoms with van der Waals surface area (Å²) in [5.74, 6) is 0.288. The summed E-state index contributed by atoms with van der Waals surface area (Å²) in [6.07, 6.45) is 4.69. The van der Waals surface area contributed by atoms with Crippen LogP contribution in [-0.4, -0.2) is 10.4 Å². The lowest BCUT2D eigenvalue weighted by Crippen LogP contribution is -2.13. The van der Waals surface area contributed by atoms with E-state index in [1.54, 1.807) is 0 Å². The standard InChI is InChI=1S/C18H21NO/c1-18(2,3)13-7-9-14(10-8-13)19-12-11-15-16(19)5-4-6-17(15)20/h7-12H,4-6H2,1-3H3. The van der Waals surface area contributed by atoms with Gasteiger partial charge in [-0.05, 0) is 42.0 Å². The molecule has 104 valence electrons. The Morgan fingerprint density at radius 1 is 1.00 bits per heavy atom. The molecule has 3 rings (SSSR count). The molecule has 0 atom stereocenters. The highest BCUT2D eigenvalue weighted by Gasteiger charge is 2.21. The van der Waals surface area contributed by atoms with Crippen molar-refractivity contribution < 1.29 is 4.79 Å². The Bertz CT molecular complexity index is 641. The average Bonchev–Trinajstić information content (AvgIpc) is 2.83. The molecule has 0 radical (unpaired) electrons. The van der Waals surface area contributed by atoms with Gasteiger partial charge >= 0.3 is 0 Å². The van der Waals surface area contributed by atoms with E-state index < -0.39 is 0 Å². The minimum atomic E-state index is 0.171. The van der Waals surface area contributed by atoms with E-state index in [0.29, 0.717) is 6.42 Å². The molecular formula is C18H21NO. The number of rotatable bonds is 1. The summed E-state index contributed by atoms with van der Waals surface area (Å²) < 4.78 is 2.17. The second kappa shape index (κ2) is 4.62. The Kier molecular flexibility index (Phi) is 3.04. The number of ketones is 1. The summed E-state index contributed by atoms with van der Waals surface area (Å²) in [4.78, 5) is 11.9. The van der Waals surface area contributed by atoms with Crippen LogP contribution in [0.2, 0.25) is 0 Å². The summed E-state index contributed by atoms with van der Waals surface area (Å²) in [6.45, 7) is 6.66. The maximum Gasteiger partial charge on any atom is 0.164 e. The van der Waals surface area contributed by atoms with Gasteiger partial charge in [0, 0.05) is 29.6 Å².